The van der Waals surface area contributed by atoms with E-state index in [0.29, 0.717) is 36.9 Å². The van der Waals surface area contributed by atoms with E-state index in [1.165, 1.54) is 34.9 Å². The van der Waals surface area contributed by atoms with Crippen molar-refractivity contribution in [1.29, 1.82) is 0 Å². The Morgan fingerprint density at radius 3 is 2.84 bits per heavy atom. The first-order valence-electron chi connectivity index (χ1n) is 8.97. The minimum atomic E-state index is -0.208. The van der Waals surface area contributed by atoms with Crippen molar-refractivity contribution >= 4 is 5.91 Å². The number of nitrogens with zero attached hydrogens (tertiary/aromatic N) is 4. The van der Waals surface area contributed by atoms with Gasteiger partial charge in [0.05, 0.1) is 6.54 Å². The summed E-state index contributed by atoms with van der Waals surface area (Å²) >= 11 is 0. The lowest BCUT2D eigenvalue weighted by Crippen LogP contribution is -2.31. The summed E-state index contributed by atoms with van der Waals surface area (Å²) in [6.45, 7) is 0.761. The normalized spacial score (nSPS) is 14.8. The Kier molecular flexibility index (Phi) is 5.63. The van der Waals surface area contributed by atoms with E-state index in [1.807, 2.05) is 18.2 Å². The summed E-state index contributed by atoms with van der Waals surface area (Å²) in [5.74, 6) is 1.30. The first-order valence-corrected chi connectivity index (χ1v) is 8.97. The molecule has 1 saturated carbocycles. The number of carbonyl (C=O) groups is 1. The summed E-state index contributed by atoms with van der Waals surface area (Å²) in [6, 6.07) is 5.49. The molecule has 0 radical (unpaired) electrons. The molecule has 7 heteroatoms. The van der Waals surface area contributed by atoms with Crippen LogP contribution in [0.2, 0.25) is 0 Å². The molecule has 134 valence electrons. The van der Waals surface area contributed by atoms with Crippen LogP contribution in [0.25, 0.3) is 11.5 Å². The van der Waals surface area contributed by atoms with Crippen LogP contribution >= 0.6 is 0 Å². The van der Waals surface area contributed by atoms with Gasteiger partial charge in [0.15, 0.2) is 5.82 Å². The van der Waals surface area contributed by atoms with E-state index < -0.39 is 0 Å². The number of rotatable bonds is 7. The molecule has 0 atom stereocenters. The number of nitrogens with one attached hydrogen (secondary N) is 1. The van der Waals surface area contributed by atoms with E-state index in [4.69, 9.17) is 0 Å². The van der Waals surface area contributed by atoms with Crippen molar-refractivity contribution in [2.75, 3.05) is 6.54 Å². The zero-order chi connectivity index (χ0) is 17.6. The van der Waals surface area contributed by atoms with Crippen molar-refractivity contribution in [1.82, 2.24) is 24.6 Å². The van der Waals surface area contributed by atoms with Gasteiger partial charge in [0.25, 0.3) is 0 Å². The average molecular weight is 343 g/mol. The van der Waals surface area contributed by atoms with Gasteiger partial charge in [0.1, 0.15) is 5.69 Å². The fraction of sp³-hybridized carbons (Fsp3) is 0.556. The van der Waals surface area contributed by atoms with Gasteiger partial charge < -0.3 is 5.32 Å². The average Bonchev–Trinajstić information content (AvgIpc) is 3.24. The van der Waals surface area contributed by atoms with Crippen LogP contribution in [0.3, 0.4) is 0 Å². The van der Waals surface area contributed by atoms with Crippen LogP contribution in [0.1, 0.15) is 38.5 Å². The summed E-state index contributed by atoms with van der Waals surface area (Å²) in [7, 11) is 1.68. The summed E-state index contributed by atoms with van der Waals surface area (Å²) in [4.78, 5) is 28.4. The Morgan fingerprint density at radius 1 is 1.32 bits per heavy atom. The van der Waals surface area contributed by atoms with Gasteiger partial charge in [-0.25, -0.2) is 9.48 Å². The van der Waals surface area contributed by atoms with E-state index in [-0.39, 0.29) is 11.6 Å². The summed E-state index contributed by atoms with van der Waals surface area (Å²) in [6.07, 6.45) is 8.32. The van der Waals surface area contributed by atoms with Crippen molar-refractivity contribution < 1.29 is 4.79 Å². The highest BCUT2D eigenvalue weighted by molar-refractivity contribution is 5.75. The van der Waals surface area contributed by atoms with Gasteiger partial charge in [-0.15, -0.1) is 5.10 Å². The lowest BCUT2D eigenvalue weighted by molar-refractivity contribution is -0.121. The monoisotopic (exact) mass is 343 g/mol. The van der Waals surface area contributed by atoms with Gasteiger partial charge >= 0.3 is 5.69 Å². The van der Waals surface area contributed by atoms with Crippen LogP contribution in [-0.4, -0.2) is 31.8 Å². The van der Waals surface area contributed by atoms with Crippen LogP contribution in [0, 0.1) is 5.92 Å². The van der Waals surface area contributed by atoms with Gasteiger partial charge in [0.2, 0.25) is 5.91 Å². The highest BCUT2D eigenvalue weighted by Gasteiger charge is 2.16. The maximum Gasteiger partial charge on any atom is 0.346 e. The molecule has 0 aliphatic heterocycles. The molecule has 0 spiro atoms. The molecule has 1 aliphatic rings. The zero-order valence-corrected chi connectivity index (χ0v) is 14.6. The number of hydrogen-bond donors (Lipinski definition) is 1. The minimum Gasteiger partial charge on any atom is -0.354 e. The highest BCUT2D eigenvalue weighted by Crippen LogP contribution is 2.28. The maximum atomic E-state index is 12.3. The molecule has 2 heterocycles. The van der Waals surface area contributed by atoms with Crippen molar-refractivity contribution in [2.45, 2.75) is 45.1 Å². The molecular weight excluding hydrogens is 318 g/mol. The third-order valence-electron chi connectivity index (χ3n) is 4.84. The molecule has 1 N–H and O–H groups in total. The van der Waals surface area contributed by atoms with E-state index in [2.05, 4.69) is 15.4 Å². The number of amides is 1. The van der Waals surface area contributed by atoms with E-state index >= 15 is 0 Å². The molecule has 2 aromatic rings. The number of pyridine rings is 1. The molecule has 1 aliphatic carbocycles. The topological polar surface area (TPSA) is 81.8 Å². The van der Waals surface area contributed by atoms with Gasteiger partial charge in [-0.05, 0) is 24.5 Å². The Morgan fingerprint density at radius 2 is 2.12 bits per heavy atom. The van der Waals surface area contributed by atoms with E-state index in [0.717, 1.165) is 6.42 Å². The second-order valence-corrected chi connectivity index (χ2v) is 6.64. The fourth-order valence-electron chi connectivity index (χ4n) is 3.38. The molecule has 0 bridgehead atoms. The predicted octanol–water partition coefficient (Wildman–Crippen LogP) is 1.73. The van der Waals surface area contributed by atoms with Crippen LogP contribution in [0.5, 0.6) is 0 Å². The molecule has 2 aromatic heterocycles. The van der Waals surface area contributed by atoms with E-state index in [1.54, 1.807) is 13.2 Å². The fourth-order valence-corrected chi connectivity index (χ4v) is 3.38. The summed E-state index contributed by atoms with van der Waals surface area (Å²) in [5, 5.41) is 7.23. The third kappa shape index (κ3) is 4.35. The number of aromatic nitrogens is 4. The first-order chi connectivity index (χ1) is 12.1. The van der Waals surface area contributed by atoms with Crippen LogP contribution in [0.4, 0.5) is 0 Å². The third-order valence-corrected chi connectivity index (χ3v) is 4.84. The van der Waals surface area contributed by atoms with Crippen molar-refractivity contribution in [3.63, 3.8) is 0 Å². The van der Waals surface area contributed by atoms with Gasteiger partial charge in [-0.3, -0.25) is 14.3 Å². The smallest absolute Gasteiger partial charge is 0.346 e. The summed E-state index contributed by atoms with van der Waals surface area (Å²) < 4.78 is 2.85. The molecule has 0 unspecified atom stereocenters. The SMILES string of the molecule is Cn1c(-c2ccccn2)nn(CCNC(=O)CCC2CCCC2)c1=O. The van der Waals surface area contributed by atoms with Crippen molar-refractivity contribution in [3.8, 4) is 11.5 Å². The molecule has 1 fully saturated rings. The molecule has 7 nitrogen and oxygen atoms in total. The maximum absolute atomic E-state index is 12.3. The Bertz CT molecular complexity index is 760. The molecule has 0 aromatic carbocycles. The van der Waals surface area contributed by atoms with Gasteiger partial charge in [0, 0.05) is 26.2 Å². The van der Waals surface area contributed by atoms with Crippen molar-refractivity contribution in [2.24, 2.45) is 13.0 Å². The first kappa shape index (κ1) is 17.4. The van der Waals surface area contributed by atoms with Crippen LogP contribution in [-0.2, 0) is 18.4 Å². The minimum absolute atomic E-state index is 0.0563. The molecule has 0 saturated heterocycles. The van der Waals surface area contributed by atoms with Crippen LogP contribution < -0.4 is 11.0 Å². The largest absolute Gasteiger partial charge is 0.354 e. The van der Waals surface area contributed by atoms with Crippen LogP contribution in [0.15, 0.2) is 29.2 Å². The second-order valence-electron chi connectivity index (χ2n) is 6.64. The standard InChI is InChI=1S/C18H25N5O2/c1-22-17(15-8-4-5-11-19-15)21-23(18(22)25)13-12-20-16(24)10-9-14-6-2-3-7-14/h4-5,8,11,14H,2-3,6-7,9-10,12-13H2,1H3,(H,20,24). The molecule has 3 rings (SSSR count). The van der Waals surface area contributed by atoms with Crippen molar-refractivity contribution in [3.05, 3.63) is 34.9 Å². The number of carbonyl (C=O) groups excluding carboxylic acids is 1. The second kappa shape index (κ2) is 8.09. The molecule has 25 heavy (non-hydrogen) atoms. The predicted molar refractivity (Wildman–Crippen MR) is 94.9 cm³/mol. The van der Waals surface area contributed by atoms with Gasteiger partial charge in [-0.1, -0.05) is 31.7 Å². The summed E-state index contributed by atoms with van der Waals surface area (Å²) in [5.41, 5.74) is 0.447. The quantitative estimate of drug-likeness (QED) is 0.830. The number of hydrogen-bond acceptors (Lipinski definition) is 4. The molecular formula is C18H25N5O2. The van der Waals surface area contributed by atoms with Gasteiger partial charge in [-0.2, -0.15) is 0 Å². The Balaban J connectivity index is 1.51. The lowest BCUT2D eigenvalue weighted by Gasteiger charge is -2.08. The van der Waals surface area contributed by atoms with E-state index in [9.17, 15) is 9.59 Å². The lowest BCUT2D eigenvalue weighted by atomic mass is 10.0. The Labute approximate surface area is 147 Å². The zero-order valence-electron chi connectivity index (χ0n) is 14.6. The Hall–Kier alpha value is -2.44. The highest BCUT2D eigenvalue weighted by atomic mass is 16.2. The molecule has 1 amide bonds.